The third kappa shape index (κ3) is 2.82. The summed E-state index contributed by atoms with van der Waals surface area (Å²) in [5.41, 5.74) is 0.364. The molecule has 0 spiro atoms. The minimum atomic E-state index is -2.61. The van der Waals surface area contributed by atoms with Crippen LogP contribution in [-0.4, -0.2) is 11.5 Å². The summed E-state index contributed by atoms with van der Waals surface area (Å²) >= 11 is 5.83. The third-order valence-corrected chi connectivity index (χ3v) is 3.77. The number of benzene rings is 1. The molecule has 0 amide bonds. The van der Waals surface area contributed by atoms with Crippen LogP contribution in [0.2, 0.25) is 5.02 Å². The Morgan fingerprint density at radius 1 is 1.56 bits per heavy atom. The first-order chi connectivity index (χ1) is 7.47. The zero-order chi connectivity index (χ0) is 12.3. The molecule has 1 rings (SSSR count). The van der Waals surface area contributed by atoms with Crippen molar-refractivity contribution in [3.63, 3.8) is 0 Å². The van der Waals surface area contributed by atoms with Crippen molar-refractivity contribution >= 4 is 30.6 Å². The summed E-state index contributed by atoms with van der Waals surface area (Å²) in [6, 6.07) is 2.64. The van der Waals surface area contributed by atoms with Crippen LogP contribution in [0.4, 0.5) is 5.69 Å². The maximum absolute atomic E-state index is 11.6. The van der Waals surface area contributed by atoms with E-state index in [9.17, 15) is 14.7 Å². The van der Waals surface area contributed by atoms with Gasteiger partial charge in [-0.05, 0) is 25.5 Å². The molecule has 1 aromatic carbocycles. The molecule has 1 atom stereocenters. The molecule has 16 heavy (non-hydrogen) atoms. The summed E-state index contributed by atoms with van der Waals surface area (Å²) in [5.74, 6) is 0. The van der Waals surface area contributed by atoms with Crippen molar-refractivity contribution in [2.45, 2.75) is 13.8 Å². The first-order valence-corrected chi connectivity index (χ1v) is 6.28. The summed E-state index contributed by atoms with van der Waals surface area (Å²) in [6.45, 7) is 3.56. The van der Waals surface area contributed by atoms with E-state index < -0.39 is 13.0 Å². The lowest BCUT2D eigenvalue weighted by Crippen LogP contribution is -2.07. The van der Waals surface area contributed by atoms with Gasteiger partial charge in [-0.3, -0.25) is 14.7 Å². The molecule has 0 radical (unpaired) electrons. The van der Waals surface area contributed by atoms with Crippen molar-refractivity contribution in [2.75, 3.05) is 6.61 Å². The van der Waals surface area contributed by atoms with E-state index in [1.54, 1.807) is 13.8 Å². The standard InChI is InChI=1S/C9H11ClNO4P/c1-3-15-16(14)9-5-7(10)6(2)4-8(9)11(12)13/h4-5,16H,3H2,1-2H3. The Kier molecular flexibility index (Phi) is 4.47. The second-order valence-electron chi connectivity index (χ2n) is 3.10. The molecule has 0 aromatic heterocycles. The van der Waals surface area contributed by atoms with E-state index in [-0.39, 0.29) is 17.6 Å². The van der Waals surface area contributed by atoms with Crippen LogP contribution >= 0.6 is 19.6 Å². The Bertz CT molecular complexity index is 449. The lowest BCUT2D eigenvalue weighted by atomic mass is 10.2. The van der Waals surface area contributed by atoms with Gasteiger partial charge in [-0.25, -0.2) is 0 Å². The fraction of sp³-hybridized carbons (Fsp3) is 0.333. The minimum absolute atomic E-state index is 0.0625. The van der Waals surface area contributed by atoms with Crippen LogP contribution in [-0.2, 0) is 9.09 Å². The molecule has 7 heteroatoms. The Labute approximate surface area is 98.4 Å². The van der Waals surface area contributed by atoms with Crippen molar-refractivity contribution < 1.29 is 14.0 Å². The van der Waals surface area contributed by atoms with Crippen molar-refractivity contribution in [3.05, 3.63) is 32.8 Å². The Balaban J connectivity index is 3.30. The predicted molar refractivity (Wildman–Crippen MR) is 63.1 cm³/mol. The zero-order valence-corrected chi connectivity index (χ0v) is 10.6. The van der Waals surface area contributed by atoms with Gasteiger partial charge in [0.25, 0.3) is 5.69 Å². The monoisotopic (exact) mass is 263 g/mol. The summed E-state index contributed by atoms with van der Waals surface area (Å²) in [5, 5.41) is 11.2. The highest BCUT2D eigenvalue weighted by molar-refractivity contribution is 7.48. The fourth-order valence-corrected chi connectivity index (χ4v) is 2.50. The van der Waals surface area contributed by atoms with Crippen LogP contribution in [0.25, 0.3) is 0 Å². The average molecular weight is 264 g/mol. The first-order valence-electron chi connectivity index (χ1n) is 4.59. The van der Waals surface area contributed by atoms with E-state index in [2.05, 4.69) is 0 Å². The number of halogens is 1. The Morgan fingerprint density at radius 3 is 2.69 bits per heavy atom. The SMILES string of the molecule is CCO[PH](=O)c1cc(Cl)c(C)cc1[N+](=O)[O-]. The van der Waals surface area contributed by atoms with Gasteiger partial charge in [-0.2, -0.15) is 0 Å². The van der Waals surface area contributed by atoms with Crippen LogP contribution in [0, 0.1) is 17.0 Å². The molecule has 0 saturated carbocycles. The highest BCUT2D eigenvalue weighted by Crippen LogP contribution is 2.30. The number of aryl methyl sites for hydroxylation is 1. The molecule has 0 heterocycles. The number of rotatable bonds is 4. The number of hydrogen-bond donors (Lipinski definition) is 0. The quantitative estimate of drug-likeness (QED) is 0.476. The fourth-order valence-electron chi connectivity index (χ4n) is 1.19. The summed E-state index contributed by atoms with van der Waals surface area (Å²) < 4.78 is 16.5. The lowest BCUT2D eigenvalue weighted by Gasteiger charge is -2.05. The second-order valence-corrected chi connectivity index (χ2v) is 4.91. The van der Waals surface area contributed by atoms with E-state index >= 15 is 0 Å². The van der Waals surface area contributed by atoms with E-state index in [1.807, 2.05) is 0 Å². The molecule has 0 bridgehead atoms. The molecule has 0 aliphatic carbocycles. The molecule has 1 aromatic rings. The van der Waals surface area contributed by atoms with Crippen molar-refractivity contribution in [1.82, 2.24) is 0 Å². The van der Waals surface area contributed by atoms with E-state index in [0.717, 1.165) is 0 Å². The largest absolute Gasteiger partial charge is 0.327 e. The van der Waals surface area contributed by atoms with Gasteiger partial charge in [-0.15, -0.1) is 0 Å². The average Bonchev–Trinajstić information content (AvgIpc) is 2.21. The summed E-state index contributed by atoms with van der Waals surface area (Å²) in [4.78, 5) is 10.2. The number of nitro groups is 1. The predicted octanol–water partition coefficient (Wildman–Crippen LogP) is 2.69. The first kappa shape index (κ1) is 13.2. The van der Waals surface area contributed by atoms with Crippen molar-refractivity contribution in [1.29, 1.82) is 0 Å². The van der Waals surface area contributed by atoms with Crippen molar-refractivity contribution in [2.24, 2.45) is 0 Å². The van der Waals surface area contributed by atoms with Gasteiger partial charge in [0.15, 0.2) is 0 Å². The van der Waals surface area contributed by atoms with Crippen LogP contribution in [0.15, 0.2) is 12.1 Å². The highest BCUT2D eigenvalue weighted by Gasteiger charge is 2.20. The molecule has 0 N–H and O–H groups in total. The van der Waals surface area contributed by atoms with Crippen LogP contribution in [0.5, 0.6) is 0 Å². The highest BCUT2D eigenvalue weighted by atomic mass is 35.5. The zero-order valence-electron chi connectivity index (χ0n) is 8.82. The smallest absolute Gasteiger partial charge is 0.282 e. The number of hydrogen-bond acceptors (Lipinski definition) is 4. The van der Waals surface area contributed by atoms with Crippen LogP contribution in [0.1, 0.15) is 12.5 Å². The molecule has 0 fully saturated rings. The Morgan fingerprint density at radius 2 is 2.19 bits per heavy atom. The van der Waals surface area contributed by atoms with E-state index in [4.69, 9.17) is 16.1 Å². The van der Waals surface area contributed by atoms with Crippen LogP contribution in [0.3, 0.4) is 0 Å². The van der Waals surface area contributed by atoms with Crippen molar-refractivity contribution in [3.8, 4) is 0 Å². The minimum Gasteiger partial charge on any atom is -0.327 e. The summed E-state index contributed by atoms with van der Waals surface area (Å²) in [7, 11) is -2.61. The Hall–Kier alpha value is -0.900. The van der Waals surface area contributed by atoms with Gasteiger partial charge >= 0.3 is 0 Å². The van der Waals surface area contributed by atoms with Gasteiger partial charge in [0, 0.05) is 11.1 Å². The lowest BCUT2D eigenvalue weighted by molar-refractivity contribution is -0.383. The van der Waals surface area contributed by atoms with E-state index in [0.29, 0.717) is 10.6 Å². The summed E-state index contributed by atoms with van der Waals surface area (Å²) in [6.07, 6.45) is 0. The second kappa shape index (κ2) is 5.43. The van der Waals surface area contributed by atoms with E-state index in [1.165, 1.54) is 12.1 Å². The topological polar surface area (TPSA) is 69.4 Å². The molecular weight excluding hydrogens is 253 g/mol. The van der Waals surface area contributed by atoms with Gasteiger partial charge in [0.1, 0.15) is 5.30 Å². The molecule has 0 aliphatic rings. The molecule has 5 nitrogen and oxygen atoms in total. The molecule has 1 unspecified atom stereocenters. The molecular formula is C9H11ClNO4P. The molecule has 0 aliphatic heterocycles. The van der Waals surface area contributed by atoms with Gasteiger partial charge < -0.3 is 4.52 Å². The maximum atomic E-state index is 11.6. The van der Waals surface area contributed by atoms with Crippen LogP contribution < -0.4 is 5.30 Å². The molecule has 88 valence electrons. The maximum Gasteiger partial charge on any atom is 0.282 e. The number of nitro benzene ring substituents is 1. The normalized spacial score (nSPS) is 12.4. The molecule has 0 saturated heterocycles. The number of nitrogens with zero attached hydrogens (tertiary/aromatic N) is 1. The van der Waals surface area contributed by atoms with Gasteiger partial charge in [-0.1, -0.05) is 11.6 Å². The third-order valence-electron chi connectivity index (χ3n) is 1.97. The van der Waals surface area contributed by atoms with Gasteiger partial charge in [0.05, 0.1) is 11.5 Å². The van der Waals surface area contributed by atoms with Gasteiger partial charge in [0.2, 0.25) is 8.03 Å².